The van der Waals surface area contributed by atoms with Crippen LogP contribution in [0.3, 0.4) is 0 Å². The fourth-order valence-corrected chi connectivity index (χ4v) is 3.25. The monoisotopic (exact) mass is 313 g/mol. The average molecular weight is 313 g/mol. The first-order valence-corrected chi connectivity index (χ1v) is 8.08. The molecule has 0 radical (unpaired) electrons. The molecule has 0 bridgehead atoms. The first-order valence-electron chi connectivity index (χ1n) is 8.08. The zero-order valence-electron chi connectivity index (χ0n) is 14.2. The van der Waals surface area contributed by atoms with Crippen molar-refractivity contribution in [3.8, 4) is 0 Å². The molecule has 23 heavy (non-hydrogen) atoms. The lowest BCUT2D eigenvalue weighted by Gasteiger charge is -2.35. The number of hydrogen-bond donors (Lipinski definition) is 0. The molecule has 1 atom stereocenters. The number of hydrogen-bond acceptors (Lipinski definition) is 5. The van der Waals surface area contributed by atoms with Crippen molar-refractivity contribution in [3.05, 3.63) is 35.5 Å². The Labute approximate surface area is 136 Å². The number of aromatic nitrogens is 4. The molecule has 1 aliphatic rings. The van der Waals surface area contributed by atoms with Crippen LogP contribution in [0.25, 0.3) is 0 Å². The molecule has 2 aromatic rings. The number of nitrogens with zero attached hydrogens (tertiary/aromatic N) is 5. The summed E-state index contributed by atoms with van der Waals surface area (Å²) < 4.78 is 2.26. The van der Waals surface area contributed by atoms with E-state index >= 15 is 0 Å². The summed E-state index contributed by atoms with van der Waals surface area (Å²) in [6, 6.07) is 4.11. The van der Waals surface area contributed by atoms with Crippen molar-refractivity contribution >= 4 is 11.6 Å². The van der Waals surface area contributed by atoms with E-state index in [9.17, 15) is 4.79 Å². The second kappa shape index (κ2) is 6.10. The highest BCUT2D eigenvalue weighted by molar-refractivity contribution is 5.93. The molecule has 0 spiro atoms. The number of pyridine rings is 1. The maximum atomic E-state index is 11.4. The molecule has 0 unspecified atom stereocenters. The number of fused-ring (bicyclic) bond motifs is 1. The average Bonchev–Trinajstić information content (AvgIpc) is 2.88. The van der Waals surface area contributed by atoms with Crippen LogP contribution in [0.15, 0.2) is 18.3 Å². The normalized spacial score (nSPS) is 17.4. The molecule has 0 aliphatic carbocycles. The molecule has 6 heteroatoms. The van der Waals surface area contributed by atoms with E-state index < -0.39 is 0 Å². The molecular formula is C17H23N5O. The lowest BCUT2D eigenvalue weighted by atomic mass is 10.0. The summed E-state index contributed by atoms with van der Waals surface area (Å²) in [6.07, 6.45) is 2.73. The van der Waals surface area contributed by atoms with Gasteiger partial charge >= 0.3 is 0 Å². The highest BCUT2D eigenvalue weighted by atomic mass is 16.1. The number of carbonyl (C=O) groups excluding carboxylic acids is 1. The van der Waals surface area contributed by atoms with Crippen LogP contribution in [0.2, 0.25) is 0 Å². The quantitative estimate of drug-likeness (QED) is 0.812. The Bertz CT molecular complexity index is 704. The number of carbonyl (C=O) groups is 1. The largest absolute Gasteiger partial charge is 0.347 e. The summed E-state index contributed by atoms with van der Waals surface area (Å²) in [4.78, 5) is 18.1. The van der Waals surface area contributed by atoms with E-state index in [1.807, 2.05) is 19.1 Å². The summed E-state index contributed by atoms with van der Waals surface area (Å²) in [5, 5.41) is 8.57. The minimum absolute atomic E-state index is 0.0377. The van der Waals surface area contributed by atoms with Gasteiger partial charge in [-0.1, -0.05) is 13.8 Å². The molecule has 0 amide bonds. The Morgan fingerprint density at radius 1 is 1.35 bits per heavy atom. The predicted octanol–water partition coefficient (Wildman–Crippen LogP) is 2.79. The van der Waals surface area contributed by atoms with Crippen molar-refractivity contribution in [2.24, 2.45) is 5.92 Å². The summed E-state index contributed by atoms with van der Waals surface area (Å²) in [5.74, 6) is 3.48. The number of Topliss-reactive ketones (excluding diaryl/α,β-unsaturated/α-hetero) is 1. The number of ketones is 1. The lowest BCUT2D eigenvalue weighted by molar-refractivity contribution is 0.101. The molecule has 0 saturated heterocycles. The topological polar surface area (TPSA) is 63.9 Å². The highest BCUT2D eigenvalue weighted by Gasteiger charge is 2.29. The van der Waals surface area contributed by atoms with Crippen molar-refractivity contribution in [3.63, 3.8) is 0 Å². The van der Waals surface area contributed by atoms with Crippen molar-refractivity contribution in [2.75, 3.05) is 11.4 Å². The van der Waals surface area contributed by atoms with Gasteiger partial charge < -0.3 is 9.47 Å². The fraction of sp³-hybridized carbons (Fsp3) is 0.529. The predicted molar refractivity (Wildman–Crippen MR) is 88.5 cm³/mol. The maximum absolute atomic E-state index is 11.4. The minimum atomic E-state index is 0.0377. The van der Waals surface area contributed by atoms with Crippen LogP contribution in [-0.2, 0) is 6.54 Å². The second-order valence-electron chi connectivity index (χ2n) is 6.66. The molecular weight excluding hydrogens is 290 g/mol. The smallest absolute Gasteiger partial charge is 0.161 e. The van der Waals surface area contributed by atoms with Gasteiger partial charge in [0.1, 0.15) is 11.6 Å². The van der Waals surface area contributed by atoms with Gasteiger partial charge in [0, 0.05) is 18.3 Å². The Hall–Kier alpha value is -2.24. The molecule has 0 fully saturated rings. The Balaban J connectivity index is 1.89. The number of aryl methyl sites for hydroxylation is 1. The van der Waals surface area contributed by atoms with Crippen LogP contribution < -0.4 is 4.90 Å². The van der Waals surface area contributed by atoms with Crippen LogP contribution in [0.1, 0.15) is 55.2 Å². The van der Waals surface area contributed by atoms with Crippen LogP contribution in [-0.4, -0.2) is 32.1 Å². The van der Waals surface area contributed by atoms with Gasteiger partial charge in [-0.3, -0.25) is 4.79 Å². The molecule has 6 nitrogen and oxygen atoms in total. The van der Waals surface area contributed by atoms with E-state index in [0.29, 0.717) is 24.1 Å². The molecule has 0 N–H and O–H groups in total. The van der Waals surface area contributed by atoms with Gasteiger partial charge in [-0.15, -0.1) is 10.2 Å². The maximum Gasteiger partial charge on any atom is 0.161 e. The van der Waals surface area contributed by atoms with Gasteiger partial charge in [0.05, 0.1) is 12.6 Å². The molecule has 0 saturated carbocycles. The first kappa shape index (κ1) is 15.6. The molecule has 2 aromatic heterocycles. The second-order valence-corrected chi connectivity index (χ2v) is 6.66. The summed E-state index contributed by atoms with van der Waals surface area (Å²) >= 11 is 0. The molecule has 0 aromatic carbocycles. The van der Waals surface area contributed by atoms with E-state index in [1.165, 1.54) is 0 Å². The van der Waals surface area contributed by atoms with Crippen molar-refractivity contribution in [1.82, 2.24) is 19.7 Å². The Morgan fingerprint density at radius 2 is 2.13 bits per heavy atom. The lowest BCUT2D eigenvalue weighted by Crippen LogP contribution is -2.39. The zero-order chi connectivity index (χ0) is 16.6. The summed E-state index contributed by atoms with van der Waals surface area (Å²) in [7, 11) is 0. The molecule has 1 aliphatic heterocycles. The standard InChI is InChI=1S/C17H23N5O/c1-11(2)7-15-9-21(10-17-20-19-13(4)22(15)17)16-6-5-14(8-18-16)12(3)23/h5-6,8,11,15H,7,9-10H2,1-4H3/t15-/m0/s1. The fourth-order valence-electron chi connectivity index (χ4n) is 3.25. The van der Waals surface area contributed by atoms with Gasteiger partial charge in [-0.25, -0.2) is 4.98 Å². The Morgan fingerprint density at radius 3 is 2.74 bits per heavy atom. The van der Waals surface area contributed by atoms with E-state index in [1.54, 1.807) is 13.1 Å². The molecule has 3 heterocycles. The van der Waals surface area contributed by atoms with Crippen LogP contribution in [0, 0.1) is 12.8 Å². The van der Waals surface area contributed by atoms with E-state index in [2.05, 4.69) is 38.5 Å². The highest BCUT2D eigenvalue weighted by Crippen LogP contribution is 2.29. The summed E-state index contributed by atoms with van der Waals surface area (Å²) in [5.41, 5.74) is 0.642. The third-order valence-electron chi connectivity index (χ3n) is 4.29. The first-order chi connectivity index (χ1) is 11.0. The minimum Gasteiger partial charge on any atom is -0.347 e. The van der Waals surface area contributed by atoms with Gasteiger partial charge in [0.25, 0.3) is 0 Å². The van der Waals surface area contributed by atoms with E-state index in [4.69, 9.17) is 0 Å². The summed E-state index contributed by atoms with van der Waals surface area (Å²) in [6.45, 7) is 9.62. The van der Waals surface area contributed by atoms with Gasteiger partial charge in [0.2, 0.25) is 0 Å². The number of rotatable bonds is 4. The van der Waals surface area contributed by atoms with Crippen molar-refractivity contribution in [1.29, 1.82) is 0 Å². The van der Waals surface area contributed by atoms with Crippen molar-refractivity contribution in [2.45, 2.75) is 46.7 Å². The SMILES string of the molecule is CC(=O)c1ccc(N2Cc3nnc(C)n3[C@@H](CC(C)C)C2)nc1. The van der Waals surface area contributed by atoms with Gasteiger partial charge in [-0.2, -0.15) is 0 Å². The Kier molecular flexibility index (Phi) is 4.15. The van der Waals surface area contributed by atoms with Gasteiger partial charge in [0.15, 0.2) is 11.6 Å². The third-order valence-corrected chi connectivity index (χ3v) is 4.29. The van der Waals surface area contributed by atoms with Crippen LogP contribution in [0.5, 0.6) is 0 Å². The van der Waals surface area contributed by atoms with Crippen molar-refractivity contribution < 1.29 is 4.79 Å². The molecule has 3 rings (SSSR count). The van der Waals surface area contributed by atoms with Crippen LogP contribution in [0.4, 0.5) is 5.82 Å². The van der Waals surface area contributed by atoms with E-state index in [0.717, 1.165) is 30.4 Å². The van der Waals surface area contributed by atoms with E-state index in [-0.39, 0.29) is 5.78 Å². The van der Waals surface area contributed by atoms with Gasteiger partial charge in [-0.05, 0) is 38.3 Å². The zero-order valence-corrected chi connectivity index (χ0v) is 14.2. The van der Waals surface area contributed by atoms with Crippen LogP contribution >= 0.6 is 0 Å². The molecule has 122 valence electrons. The third kappa shape index (κ3) is 3.11. The number of anilines is 1.